The second kappa shape index (κ2) is 9.27. The third-order valence-electron chi connectivity index (χ3n) is 3.68. The Morgan fingerprint density at radius 1 is 1.00 bits per heavy atom. The highest BCUT2D eigenvalue weighted by Gasteiger charge is 2.10. The quantitative estimate of drug-likeness (QED) is 0.669. The minimum Gasteiger partial charge on any atom is -1.00 e. The molecule has 0 fully saturated rings. The van der Waals surface area contributed by atoms with E-state index in [0.717, 1.165) is 16.9 Å². The molecule has 0 radical (unpaired) electrons. The average Bonchev–Trinajstić information content (AvgIpc) is 3.04. The van der Waals surface area contributed by atoms with Gasteiger partial charge in [-0.3, -0.25) is 0 Å². The average molecular weight is 398 g/mol. The number of hydrogen-bond acceptors (Lipinski definition) is 3. The molecule has 2 N–H and O–H groups in total. The van der Waals surface area contributed by atoms with Gasteiger partial charge < -0.3 is 27.2 Å². The van der Waals surface area contributed by atoms with Gasteiger partial charge in [-0.1, -0.05) is 53.5 Å². The molecule has 25 heavy (non-hydrogen) atoms. The van der Waals surface area contributed by atoms with Crippen molar-refractivity contribution in [3.63, 3.8) is 0 Å². The van der Waals surface area contributed by atoms with Crippen LogP contribution in [0.15, 0.2) is 65.1 Å². The highest BCUT2D eigenvalue weighted by molar-refractivity contribution is 6.36. The number of furan rings is 1. The number of aliphatic hydroxyl groups is 1. The van der Waals surface area contributed by atoms with E-state index in [9.17, 15) is 5.11 Å². The summed E-state index contributed by atoms with van der Waals surface area (Å²) in [6.07, 6.45) is -0.550. The van der Waals surface area contributed by atoms with Gasteiger partial charge in [0.05, 0.1) is 17.7 Å². The zero-order chi connectivity index (χ0) is 16.9. The van der Waals surface area contributed by atoms with Crippen LogP contribution in [0.25, 0.3) is 11.3 Å². The number of benzene rings is 2. The molecule has 0 aliphatic heterocycles. The molecule has 0 spiro atoms. The molecule has 0 amide bonds. The van der Waals surface area contributed by atoms with Crippen LogP contribution in [-0.4, -0.2) is 11.7 Å². The molecular formula is C19H17Cl3NO2-. The van der Waals surface area contributed by atoms with E-state index in [4.69, 9.17) is 27.6 Å². The summed E-state index contributed by atoms with van der Waals surface area (Å²) in [6, 6.07) is 18.6. The van der Waals surface area contributed by atoms with E-state index in [1.807, 2.05) is 48.5 Å². The molecule has 1 heterocycles. The smallest absolute Gasteiger partial charge is 0.135 e. The Labute approximate surface area is 163 Å². The molecule has 0 saturated heterocycles. The van der Waals surface area contributed by atoms with E-state index >= 15 is 0 Å². The monoisotopic (exact) mass is 396 g/mol. The summed E-state index contributed by atoms with van der Waals surface area (Å²) in [4.78, 5) is 0. The van der Waals surface area contributed by atoms with Crippen molar-refractivity contribution in [3.8, 4) is 11.3 Å². The molecule has 132 valence electrons. The Kier molecular flexibility index (Phi) is 7.36. The number of nitrogens with one attached hydrogen (secondary N) is 1. The molecule has 1 aromatic heterocycles. The molecule has 0 aliphatic carbocycles. The van der Waals surface area contributed by atoms with E-state index in [0.29, 0.717) is 28.9 Å². The lowest BCUT2D eigenvalue weighted by molar-refractivity contribution is -0.00000693. The topological polar surface area (TPSA) is 45.4 Å². The first kappa shape index (κ1) is 19.8. The van der Waals surface area contributed by atoms with Crippen LogP contribution in [0.1, 0.15) is 17.4 Å². The van der Waals surface area contributed by atoms with Gasteiger partial charge in [-0.05, 0) is 35.9 Å². The van der Waals surface area contributed by atoms with Crippen LogP contribution in [0.2, 0.25) is 10.0 Å². The lowest BCUT2D eigenvalue weighted by Crippen LogP contribution is -3.00. The molecule has 0 saturated carbocycles. The number of aliphatic hydroxyl groups excluding tert-OH is 1. The minimum atomic E-state index is -0.550. The summed E-state index contributed by atoms with van der Waals surface area (Å²) in [7, 11) is 0. The van der Waals surface area contributed by atoms with Crippen LogP contribution < -0.4 is 17.7 Å². The fraction of sp³-hybridized carbons (Fsp3) is 0.158. The maximum absolute atomic E-state index is 10.1. The Hall–Kier alpha value is -1.49. The van der Waals surface area contributed by atoms with Gasteiger partial charge >= 0.3 is 0 Å². The zero-order valence-electron chi connectivity index (χ0n) is 13.3. The van der Waals surface area contributed by atoms with Gasteiger partial charge in [0.15, 0.2) is 0 Å². The van der Waals surface area contributed by atoms with Crippen molar-refractivity contribution < 1.29 is 21.9 Å². The van der Waals surface area contributed by atoms with Gasteiger partial charge in [0.25, 0.3) is 0 Å². The summed E-state index contributed by atoms with van der Waals surface area (Å²) in [6.45, 7) is 0.969. The predicted octanol–water partition coefficient (Wildman–Crippen LogP) is 2.08. The summed E-state index contributed by atoms with van der Waals surface area (Å²) in [5.41, 5.74) is 1.69. The molecular weight excluding hydrogens is 381 g/mol. The summed E-state index contributed by atoms with van der Waals surface area (Å²) >= 11 is 12.1. The summed E-state index contributed by atoms with van der Waals surface area (Å²) in [5.74, 6) is 1.47. The Morgan fingerprint density at radius 3 is 2.48 bits per heavy atom. The number of halogens is 3. The normalized spacial score (nSPS) is 11.8. The first-order valence-corrected chi connectivity index (χ1v) is 8.37. The Bertz CT molecular complexity index is 805. The molecule has 3 aromatic rings. The van der Waals surface area contributed by atoms with Crippen molar-refractivity contribution in [2.24, 2.45) is 0 Å². The predicted molar refractivity (Wildman–Crippen MR) is 97.3 cm³/mol. The van der Waals surface area contributed by atoms with Crippen LogP contribution in [-0.2, 0) is 6.54 Å². The number of hydrogen-bond donors (Lipinski definition) is 2. The van der Waals surface area contributed by atoms with Crippen molar-refractivity contribution in [1.29, 1.82) is 0 Å². The summed E-state index contributed by atoms with van der Waals surface area (Å²) in [5, 5.41) is 14.5. The van der Waals surface area contributed by atoms with Crippen molar-refractivity contribution >= 4 is 23.2 Å². The van der Waals surface area contributed by atoms with Crippen molar-refractivity contribution in [3.05, 3.63) is 82.0 Å². The van der Waals surface area contributed by atoms with Crippen LogP contribution in [0.5, 0.6) is 0 Å². The van der Waals surface area contributed by atoms with Gasteiger partial charge in [0.1, 0.15) is 11.5 Å². The third kappa shape index (κ3) is 5.24. The maximum Gasteiger partial charge on any atom is 0.135 e. The van der Waals surface area contributed by atoms with Crippen LogP contribution in [0.3, 0.4) is 0 Å². The molecule has 6 heteroatoms. The molecule has 3 nitrogen and oxygen atoms in total. The van der Waals surface area contributed by atoms with Gasteiger partial charge in [-0.2, -0.15) is 0 Å². The first-order valence-electron chi connectivity index (χ1n) is 7.61. The van der Waals surface area contributed by atoms with Crippen LogP contribution in [0.4, 0.5) is 0 Å². The highest BCUT2D eigenvalue weighted by Crippen LogP contribution is 2.31. The second-order valence-electron chi connectivity index (χ2n) is 5.45. The highest BCUT2D eigenvalue weighted by atomic mass is 35.5. The van der Waals surface area contributed by atoms with Gasteiger partial charge in [0.2, 0.25) is 0 Å². The molecule has 2 aromatic carbocycles. The van der Waals surface area contributed by atoms with E-state index in [-0.39, 0.29) is 12.4 Å². The summed E-state index contributed by atoms with van der Waals surface area (Å²) < 4.78 is 5.81. The SMILES string of the molecule is OC(CNCc1ccc(-c2ccc(Cl)cc2Cl)o1)c1ccccc1.[Cl-]. The van der Waals surface area contributed by atoms with E-state index < -0.39 is 6.10 Å². The van der Waals surface area contributed by atoms with E-state index in [2.05, 4.69) is 5.32 Å². The molecule has 0 aliphatic rings. The van der Waals surface area contributed by atoms with Crippen molar-refractivity contribution in [2.45, 2.75) is 12.6 Å². The standard InChI is InChI=1S/C19H17Cl2NO2.ClH/c20-14-6-8-16(17(21)10-14)19-9-7-15(24-19)11-22-12-18(23)13-4-2-1-3-5-13;/h1-10,18,22-23H,11-12H2;1H/p-1. The second-order valence-corrected chi connectivity index (χ2v) is 6.29. The Balaban J connectivity index is 0.00000225. The van der Waals surface area contributed by atoms with Crippen LogP contribution >= 0.6 is 23.2 Å². The van der Waals surface area contributed by atoms with Crippen LogP contribution in [0, 0.1) is 0 Å². The molecule has 3 rings (SSSR count). The van der Waals surface area contributed by atoms with E-state index in [1.165, 1.54) is 0 Å². The lowest BCUT2D eigenvalue weighted by Gasteiger charge is -2.11. The van der Waals surface area contributed by atoms with E-state index in [1.54, 1.807) is 12.1 Å². The van der Waals surface area contributed by atoms with Gasteiger partial charge in [-0.15, -0.1) is 0 Å². The largest absolute Gasteiger partial charge is 1.00 e. The fourth-order valence-corrected chi connectivity index (χ4v) is 2.93. The Morgan fingerprint density at radius 2 is 1.76 bits per heavy atom. The van der Waals surface area contributed by atoms with Gasteiger partial charge in [0, 0.05) is 17.1 Å². The molecule has 1 atom stereocenters. The van der Waals surface area contributed by atoms with Gasteiger partial charge in [-0.25, -0.2) is 0 Å². The third-order valence-corrected chi connectivity index (χ3v) is 4.23. The van der Waals surface area contributed by atoms with Crippen molar-refractivity contribution in [2.75, 3.05) is 6.54 Å². The fourth-order valence-electron chi connectivity index (χ4n) is 2.43. The lowest BCUT2D eigenvalue weighted by atomic mass is 10.1. The number of rotatable bonds is 6. The molecule has 1 unspecified atom stereocenters. The minimum absolute atomic E-state index is 0. The van der Waals surface area contributed by atoms with Crippen molar-refractivity contribution in [1.82, 2.24) is 5.32 Å². The maximum atomic E-state index is 10.1. The first-order chi connectivity index (χ1) is 11.6. The zero-order valence-corrected chi connectivity index (χ0v) is 15.5. The molecule has 0 bridgehead atoms.